The lowest BCUT2D eigenvalue weighted by Gasteiger charge is -2.13. The summed E-state index contributed by atoms with van der Waals surface area (Å²) in [5, 5.41) is 0. The molecule has 4 rings (SSSR count). The maximum Gasteiger partial charge on any atom is 0.343 e. The number of hydrogen-bond donors (Lipinski definition) is 0. The number of Topliss-reactive ketones (excluding diaryl/α,β-unsaturated/α-hetero) is 1. The van der Waals surface area contributed by atoms with Crippen molar-refractivity contribution in [2.75, 3.05) is 28.4 Å². The van der Waals surface area contributed by atoms with Gasteiger partial charge in [0, 0.05) is 11.6 Å². The lowest BCUT2D eigenvalue weighted by Crippen LogP contribution is -2.09. The highest BCUT2D eigenvalue weighted by Gasteiger charge is 2.28. The van der Waals surface area contributed by atoms with E-state index in [2.05, 4.69) is 0 Å². The number of carbonyl (C=O) groups excluding carboxylic acids is 2. The molecule has 8 heteroatoms. The number of rotatable bonds is 7. The van der Waals surface area contributed by atoms with Crippen molar-refractivity contribution >= 4 is 17.8 Å². The average molecular weight is 462 g/mol. The second-order valence-corrected chi connectivity index (χ2v) is 7.14. The van der Waals surface area contributed by atoms with Crippen LogP contribution in [0.15, 0.2) is 60.4 Å². The van der Waals surface area contributed by atoms with Crippen molar-refractivity contribution in [2.45, 2.75) is 0 Å². The highest BCUT2D eigenvalue weighted by atomic mass is 16.5. The predicted molar refractivity (Wildman–Crippen MR) is 123 cm³/mol. The molecule has 8 nitrogen and oxygen atoms in total. The molecule has 1 aliphatic heterocycles. The number of allylic oxidation sites excluding steroid dienone is 1. The summed E-state index contributed by atoms with van der Waals surface area (Å²) in [5.41, 5.74) is 1.27. The van der Waals surface area contributed by atoms with Gasteiger partial charge in [0.15, 0.2) is 17.3 Å². The van der Waals surface area contributed by atoms with E-state index in [1.807, 2.05) is 18.2 Å². The minimum absolute atomic E-state index is 0.146. The molecular weight excluding hydrogens is 440 g/mol. The van der Waals surface area contributed by atoms with Gasteiger partial charge < -0.3 is 28.4 Å². The zero-order valence-electron chi connectivity index (χ0n) is 19.0. The van der Waals surface area contributed by atoms with Crippen molar-refractivity contribution in [3.63, 3.8) is 0 Å². The van der Waals surface area contributed by atoms with Gasteiger partial charge in [0.25, 0.3) is 0 Å². The third-order valence-electron chi connectivity index (χ3n) is 5.18. The molecule has 0 atom stereocenters. The van der Waals surface area contributed by atoms with Crippen molar-refractivity contribution in [1.29, 1.82) is 0 Å². The van der Waals surface area contributed by atoms with Crippen LogP contribution in [0.3, 0.4) is 0 Å². The van der Waals surface area contributed by atoms with E-state index in [9.17, 15) is 9.59 Å². The normalized spacial score (nSPS) is 13.2. The molecule has 3 aromatic carbocycles. The molecule has 3 aromatic rings. The molecule has 1 heterocycles. The molecule has 0 amide bonds. The number of fused-ring (bicyclic) bond motifs is 1. The van der Waals surface area contributed by atoms with Gasteiger partial charge in [-0.3, -0.25) is 4.79 Å². The molecule has 0 radical (unpaired) electrons. The number of benzene rings is 3. The van der Waals surface area contributed by atoms with E-state index in [0.717, 1.165) is 0 Å². The Morgan fingerprint density at radius 3 is 2.15 bits per heavy atom. The van der Waals surface area contributed by atoms with Gasteiger partial charge in [-0.2, -0.15) is 0 Å². The van der Waals surface area contributed by atoms with E-state index in [1.165, 1.54) is 45.6 Å². The largest absolute Gasteiger partial charge is 0.496 e. The standard InChI is InChI=1S/C26H22O8/c1-29-19-8-6-5-7-15(19)11-21-24(27)18-10-9-17(14-20(18)34-21)33-26(28)16-12-22(30-2)25(32-4)23(13-16)31-3/h5-14H,1-4H3/b21-11-. The summed E-state index contributed by atoms with van der Waals surface area (Å²) < 4.78 is 32.4. The number of ketones is 1. The Morgan fingerprint density at radius 2 is 1.50 bits per heavy atom. The van der Waals surface area contributed by atoms with Gasteiger partial charge in [0.1, 0.15) is 17.2 Å². The van der Waals surface area contributed by atoms with E-state index >= 15 is 0 Å². The van der Waals surface area contributed by atoms with Crippen LogP contribution in [0.2, 0.25) is 0 Å². The highest BCUT2D eigenvalue weighted by Crippen LogP contribution is 2.39. The first kappa shape index (κ1) is 22.7. The lowest BCUT2D eigenvalue weighted by molar-refractivity contribution is 0.0733. The Bertz CT molecular complexity index is 1270. The maximum atomic E-state index is 12.8. The Labute approximate surface area is 196 Å². The first-order valence-corrected chi connectivity index (χ1v) is 10.2. The van der Waals surface area contributed by atoms with E-state index in [1.54, 1.807) is 25.3 Å². The first-order valence-electron chi connectivity index (χ1n) is 10.2. The van der Waals surface area contributed by atoms with E-state index in [-0.39, 0.29) is 22.9 Å². The highest BCUT2D eigenvalue weighted by molar-refractivity contribution is 6.14. The van der Waals surface area contributed by atoms with Gasteiger partial charge in [-0.15, -0.1) is 0 Å². The van der Waals surface area contributed by atoms with Crippen molar-refractivity contribution in [3.05, 3.63) is 77.0 Å². The van der Waals surface area contributed by atoms with E-state index < -0.39 is 5.97 Å². The molecule has 1 aliphatic rings. The van der Waals surface area contributed by atoms with Gasteiger partial charge in [0.2, 0.25) is 11.5 Å². The fourth-order valence-electron chi connectivity index (χ4n) is 3.52. The zero-order valence-corrected chi connectivity index (χ0v) is 19.0. The lowest BCUT2D eigenvalue weighted by atomic mass is 10.1. The Morgan fingerprint density at radius 1 is 0.824 bits per heavy atom. The predicted octanol–water partition coefficient (Wildman–Crippen LogP) is 4.56. The summed E-state index contributed by atoms with van der Waals surface area (Å²) in [5.74, 6) is 1.35. The summed E-state index contributed by atoms with van der Waals surface area (Å²) in [6, 6.07) is 14.8. The third-order valence-corrected chi connectivity index (χ3v) is 5.18. The molecule has 0 unspecified atom stereocenters. The van der Waals surface area contributed by atoms with Gasteiger partial charge in [-0.1, -0.05) is 18.2 Å². The molecule has 0 bridgehead atoms. The summed E-state index contributed by atoms with van der Waals surface area (Å²) in [6.45, 7) is 0. The number of hydrogen-bond acceptors (Lipinski definition) is 8. The second-order valence-electron chi connectivity index (χ2n) is 7.14. The molecule has 34 heavy (non-hydrogen) atoms. The van der Waals surface area contributed by atoms with Crippen molar-refractivity contribution in [2.24, 2.45) is 0 Å². The number of para-hydroxylation sites is 1. The Kier molecular flexibility index (Phi) is 6.40. The van der Waals surface area contributed by atoms with Crippen LogP contribution in [0.5, 0.6) is 34.5 Å². The monoisotopic (exact) mass is 462 g/mol. The minimum Gasteiger partial charge on any atom is -0.496 e. The topological polar surface area (TPSA) is 89.5 Å². The van der Waals surface area contributed by atoms with Crippen molar-refractivity contribution in [3.8, 4) is 34.5 Å². The van der Waals surface area contributed by atoms with Crippen LogP contribution in [-0.2, 0) is 0 Å². The van der Waals surface area contributed by atoms with Crippen LogP contribution in [0.1, 0.15) is 26.3 Å². The van der Waals surface area contributed by atoms with Crippen LogP contribution in [0.4, 0.5) is 0 Å². The van der Waals surface area contributed by atoms with Crippen LogP contribution in [0.25, 0.3) is 6.08 Å². The van der Waals surface area contributed by atoms with Gasteiger partial charge >= 0.3 is 5.97 Å². The van der Waals surface area contributed by atoms with Crippen LogP contribution < -0.4 is 28.4 Å². The molecule has 174 valence electrons. The smallest absolute Gasteiger partial charge is 0.343 e. The second kappa shape index (κ2) is 9.58. The molecule has 0 N–H and O–H groups in total. The SMILES string of the molecule is COc1ccccc1/C=C1\Oc2cc(OC(=O)c3cc(OC)c(OC)c(OC)c3)ccc2C1=O. The summed E-state index contributed by atoms with van der Waals surface area (Å²) in [6.07, 6.45) is 1.61. The van der Waals surface area contributed by atoms with Crippen LogP contribution in [-0.4, -0.2) is 40.2 Å². The Hall–Kier alpha value is -4.46. The third kappa shape index (κ3) is 4.25. The summed E-state index contributed by atoms with van der Waals surface area (Å²) in [4.78, 5) is 25.6. The quantitative estimate of drug-likeness (QED) is 0.287. The van der Waals surface area contributed by atoms with E-state index in [0.29, 0.717) is 39.9 Å². The number of ether oxygens (including phenoxy) is 6. The van der Waals surface area contributed by atoms with Gasteiger partial charge in [-0.05, 0) is 36.4 Å². The molecule has 0 saturated carbocycles. The molecule has 0 fully saturated rings. The van der Waals surface area contributed by atoms with Gasteiger partial charge in [-0.25, -0.2) is 4.79 Å². The molecule has 0 aliphatic carbocycles. The summed E-state index contributed by atoms with van der Waals surface area (Å²) >= 11 is 0. The molecular formula is C26H22O8. The molecule has 0 spiro atoms. The van der Waals surface area contributed by atoms with Gasteiger partial charge in [0.05, 0.1) is 39.6 Å². The van der Waals surface area contributed by atoms with Crippen molar-refractivity contribution in [1.82, 2.24) is 0 Å². The number of esters is 1. The number of methoxy groups -OCH3 is 4. The first-order chi connectivity index (χ1) is 16.5. The van der Waals surface area contributed by atoms with Crippen LogP contribution in [0, 0.1) is 0 Å². The maximum absolute atomic E-state index is 12.8. The van der Waals surface area contributed by atoms with Crippen molar-refractivity contribution < 1.29 is 38.0 Å². The average Bonchev–Trinajstić information content (AvgIpc) is 3.17. The number of carbonyl (C=O) groups is 2. The molecule has 0 saturated heterocycles. The minimum atomic E-state index is -0.645. The fraction of sp³-hybridized carbons (Fsp3) is 0.154. The Balaban J connectivity index is 1.58. The zero-order chi connectivity index (χ0) is 24.2. The fourth-order valence-corrected chi connectivity index (χ4v) is 3.52. The molecule has 0 aromatic heterocycles. The van der Waals surface area contributed by atoms with E-state index in [4.69, 9.17) is 28.4 Å². The summed E-state index contributed by atoms with van der Waals surface area (Å²) in [7, 11) is 5.94. The van der Waals surface area contributed by atoms with Crippen LogP contribution >= 0.6 is 0 Å².